The summed E-state index contributed by atoms with van der Waals surface area (Å²) in [5.41, 5.74) is 3.14. The third-order valence-electron chi connectivity index (χ3n) is 6.57. The molecule has 2 heterocycles. The Labute approximate surface area is 192 Å². The molecule has 2 N–H and O–H groups in total. The van der Waals surface area contributed by atoms with Crippen molar-refractivity contribution in [3.8, 4) is 0 Å². The summed E-state index contributed by atoms with van der Waals surface area (Å²) in [6.45, 7) is 4.33. The minimum atomic E-state index is -0.139. The molecule has 1 fully saturated rings. The third-order valence-corrected chi connectivity index (χ3v) is 6.57. The van der Waals surface area contributed by atoms with Gasteiger partial charge >= 0.3 is 0 Å². The minimum absolute atomic E-state index is 0.109. The minimum Gasteiger partial charge on any atom is -0.353 e. The molecule has 0 unspecified atom stereocenters. The van der Waals surface area contributed by atoms with Crippen molar-refractivity contribution in [1.82, 2.24) is 20.0 Å². The van der Waals surface area contributed by atoms with Gasteiger partial charge in [0.05, 0.1) is 5.69 Å². The molecule has 2 aromatic rings. The van der Waals surface area contributed by atoms with Crippen molar-refractivity contribution in [3.05, 3.63) is 35.3 Å². The van der Waals surface area contributed by atoms with Crippen molar-refractivity contribution in [2.45, 2.75) is 103 Å². The van der Waals surface area contributed by atoms with Gasteiger partial charge in [-0.2, -0.15) is 0 Å². The number of hydrogen-bond donors (Lipinski definition) is 2. The lowest BCUT2D eigenvalue weighted by atomic mass is 9.98. The highest BCUT2D eigenvalue weighted by atomic mass is 16.2. The van der Waals surface area contributed by atoms with E-state index in [2.05, 4.69) is 15.6 Å². The van der Waals surface area contributed by atoms with E-state index in [4.69, 9.17) is 0 Å². The average Bonchev–Trinajstić information content (AvgIpc) is 3.10. The summed E-state index contributed by atoms with van der Waals surface area (Å²) in [4.78, 5) is 29.7. The van der Waals surface area contributed by atoms with Crippen LogP contribution in [0.3, 0.4) is 0 Å². The molecule has 176 valence electrons. The van der Waals surface area contributed by atoms with Crippen LogP contribution < -0.4 is 10.6 Å². The number of imidazole rings is 1. The highest BCUT2D eigenvalue weighted by Gasteiger charge is 2.17. The summed E-state index contributed by atoms with van der Waals surface area (Å²) in [6, 6.07) is 4.22. The molecule has 3 rings (SSSR count). The van der Waals surface area contributed by atoms with Crippen LogP contribution in [0, 0.1) is 13.8 Å². The van der Waals surface area contributed by atoms with Crippen LogP contribution in [-0.2, 0) is 4.79 Å². The van der Waals surface area contributed by atoms with E-state index in [0.29, 0.717) is 31.1 Å². The second-order valence-corrected chi connectivity index (χ2v) is 9.31. The SMILES string of the molecule is Cc1nc2c(C)cccn2c1C(=O)NCCCC(=O)NC1CCCCCCCCCCC1. The topological polar surface area (TPSA) is 75.5 Å². The Hall–Kier alpha value is -2.37. The molecule has 0 radical (unpaired) electrons. The van der Waals surface area contributed by atoms with E-state index >= 15 is 0 Å². The van der Waals surface area contributed by atoms with Gasteiger partial charge in [-0.05, 0) is 44.7 Å². The summed E-state index contributed by atoms with van der Waals surface area (Å²) in [5.74, 6) is -0.0294. The third kappa shape index (κ3) is 7.07. The van der Waals surface area contributed by atoms with Gasteiger partial charge < -0.3 is 10.6 Å². The monoisotopic (exact) mass is 440 g/mol. The number of rotatable bonds is 6. The number of nitrogens with one attached hydrogen (secondary N) is 2. The van der Waals surface area contributed by atoms with Gasteiger partial charge in [-0.3, -0.25) is 14.0 Å². The number of amides is 2. The van der Waals surface area contributed by atoms with Gasteiger partial charge in [-0.1, -0.05) is 63.9 Å². The predicted molar refractivity (Wildman–Crippen MR) is 129 cm³/mol. The molecular formula is C26H40N4O2. The zero-order chi connectivity index (χ0) is 22.8. The van der Waals surface area contributed by atoms with E-state index in [9.17, 15) is 9.59 Å². The van der Waals surface area contributed by atoms with E-state index in [1.807, 2.05) is 36.6 Å². The van der Waals surface area contributed by atoms with Crippen LogP contribution in [0.25, 0.3) is 5.65 Å². The van der Waals surface area contributed by atoms with Crippen LogP contribution in [-0.4, -0.2) is 33.8 Å². The Morgan fingerprint density at radius 2 is 1.62 bits per heavy atom. The first kappa shape index (κ1) is 24.3. The fourth-order valence-corrected chi connectivity index (χ4v) is 4.73. The van der Waals surface area contributed by atoms with E-state index < -0.39 is 0 Å². The Kier molecular flexibility index (Phi) is 9.57. The molecule has 6 nitrogen and oxygen atoms in total. The maximum atomic E-state index is 12.7. The summed E-state index contributed by atoms with van der Waals surface area (Å²) in [7, 11) is 0. The molecule has 0 atom stereocenters. The molecule has 0 bridgehead atoms. The number of carbonyl (C=O) groups is 2. The fraction of sp³-hybridized carbons (Fsp3) is 0.654. The first-order chi connectivity index (χ1) is 15.6. The Balaban J connectivity index is 1.42. The molecule has 2 amide bonds. The van der Waals surface area contributed by atoms with Crippen LogP contribution in [0.5, 0.6) is 0 Å². The number of nitrogens with zero attached hydrogens (tertiary/aromatic N) is 2. The van der Waals surface area contributed by atoms with Crippen LogP contribution in [0.15, 0.2) is 18.3 Å². The Bertz CT molecular complexity index is 877. The standard InChI is InChI=1S/C26H40N4O2/c1-20-14-13-19-30-24(21(2)28-25(20)30)26(32)27-18-12-17-23(31)29-22-15-10-8-6-4-3-5-7-9-11-16-22/h13-14,19,22H,3-12,15-18H2,1-2H3,(H,27,32)(H,29,31). The number of aromatic nitrogens is 2. The van der Waals surface area contributed by atoms with Crippen molar-refractivity contribution in [2.24, 2.45) is 0 Å². The first-order valence-corrected chi connectivity index (χ1v) is 12.6. The highest BCUT2D eigenvalue weighted by Crippen LogP contribution is 2.17. The van der Waals surface area contributed by atoms with E-state index in [1.54, 1.807) is 0 Å². The van der Waals surface area contributed by atoms with Crippen LogP contribution >= 0.6 is 0 Å². The van der Waals surface area contributed by atoms with Crippen molar-refractivity contribution in [3.63, 3.8) is 0 Å². The van der Waals surface area contributed by atoms with Gasteiger partial charge in [0.1, 0.15) is 11.3 Å². The predicted octanol–water partition coefficient (Wildman–Crippen LogP) is 5.25. The number of aryl methyl sites for hydroxylation is 2. The smallest absolute Gasteiger partial charge is 0.270 e. The van der Waals surface area contributed by atoms with E-state index in [-0.39, 0.29) is 11.8 Å². The normalized spacial score (nSPS) is 16.8. The molecule has 0 saturated heterocycles. The van der Waals surface area contributed by atoms with Crippen LogP contribution in [0.4, 0.5) is 0 Å². The largest absolute Gasteiger partial charge is 0.353 e. The van der Waals surface area contributed by atoms with Gasteiger partial charge in [0.2, 0.25) is 5.91 Å². The van der Waals surface area contributed by atoms with Crippen molar-refractivity contribution in [2.75, 3.05) is 6.54 Å². The maximum absolute atomic E-state index is 12.7. The zero-order valence-corrected chi connectivity index (χ0v) is 19.9. The van der Waals surface area contributed by atoms with Crippen molar-refractivity contribution >= 4 is 17.5 Å². The molecule has 1 saturated carbocycles. The molecule has 32 heavy (non-hydrogen) atoms. The van der Waals surface area contributed by atoms with Gasteiger partial charge in [-0.15, -0.1) is 0 Å². The van der Waals surface area contributed by atoms with Crippen LogP contribution in [0.1, 0.15) is 105 Å². The lowest BCUT2D eigenvalue weighted by molar-refractivity contribution is -0.122. The quantitative estimate of drug-likeness (QED) is 0.602. The van der Waals surface area contributed by atoms with E-state index in [0.717, 1.165) is 29.7 Å². The molecule has 0 aliphatic heterocycles. The maximum Gasteiger partial charge on any atom is 0.270 e. The van der Waals surface area contributed by atoms with Gasteiger partial charge in [0, 0.05) is 25.2 Å². The van der Waals surface area contributed by atoms with Crippen LogP contribution in [0.2, 0.25) is 0 Å². The number of fused-ring (bicyclic) bond motifs is 1. The molecule has 1 aliphatic rings. The number of carbonyl (C=O) groups excluding carboxylic acids is 2. The highest BCUT2D eigenvalue weighted by molar-refractivity contribution is 5.94. The van der Waals surface area contributed by atoms with Gasteiger partial charge in [0.15, 0.2) is 0 Å². The van der Waals surface area contributed by atoms with E-state index in [1.165, 1.54) is 57.8 Å². The second-order valence-electron chi connectivity index (χ2n) is 9.31. The number of hydrogen-bond acceptors (Lipinski definition) is 3. The molecule has 0 spiro atoms. The molecule has 1 aliphatic carbocycles. The molecule has 6 heteroatoms. The number of pyridine rings is 1. The molecular weight excluding hydrogens is 400 g/mol. The summed E-state index contributed by atoms with van der Waals surface area (Å²) in [6.07, 6.45) is 16.9. The Morgan fingerprint density at radius 1 is 1.00 bits per heavy atom. The lowest BCUT2D eigenvalue weighted by Gasteiger charge is -2.19. The van der Waals surface area contributed by atoms with Gasteiger partial charge in [0.25, 0.3) is 5.91 Å². The summed E-state index contributed by atoms with van der Waals surface area (Å²) >= 11 is 0. The molecule has 2 aromatic heterocycles. The second kappa shape index (κ2) is 12.6. The first-order valence-electron chi connectivity index (χ1n) is 12.6. The summed E-state index contributed by atoms with van der Waals surface area (Å²) in [5, 5.41) is 6.22. The Morgan fingerprint density at radius 3 is 2.28 bits per heavy atom. The summed E-state index contributed by atoms with van der Waals surface area (Å²) < 4.78 is 1.84. The molecule has 0 aromatic carbocycles. The fourth-order valence-electron chi connectivity index (χ4n) is 4.73. The lowest BCUT2D eigenvalue weighted by Crippen LogP contribution is -2.35. The van der Waals surface area contributed by atoms with Crippen molar-refractivity contribution < 1.29 is 9.59 Å². The zero-order valence-electron chi connectivity index (χ0n) is 19.9. The van der Waals surface area contributed by atoms with Gasteiger partial charge in [-0.25, -0.2) is 4.98 Å². The van der Waals surface area contributed by atoms with Crippen molar-refractivity contribution in [1.29, 1.82) is 0 Å². The average molecular weight is 441 g/mol.